The highest BCUT2D eigenvalue weighted by Gasteiger charge is 2.22. The highest BCUT2D eigenvalue weighted by atomic mass is 32.2. The lowest BCUT2D eigenvalue weighted by Crippen LogP contribution is -2.28. The van der Waals surface area contributed by atoms with E-state index in [4.69, 9.17) is 5.73 Å². The van der Waals surface area contributed by atoms with Gasteiger partial charge in [0.25, 0.3) is 11.6 Å². The van der Waals surface area contributed by atoms with Gasteiger partial charge in [-0.2, -0.15) is 0 Å². The average Bonchev–Trinajstić information content (AvgIpc) is 3.28. The predicted molar refractivity (Wildman–Crippen MR) is 117 cm³/mol. The molecule has 9 nitrogen and oxygen atoms in total. The van der Waals surface area contributed by atoms with Gasteiger partial charge in [0, 0.05) is 36.0 Å². The number of primary amides is 1. The number of benzene rings is 2. The van der Waals surface area contributed by atoms with Crippen LogP contribution in [0.5, 0.6) is 0 Å². The number of nitro groups is 1. The van der Waals surface area contributed by atoms with Crippen LogP contribution in [0.15, 0.2) is 41.3 Å². The van der Waals surface area contributed by atoms with Gasteiger partial charge < -0.3 is 16.0 Å². The lowest BCUT2D eigenvalue weighted by atomic mass is 10.1. The van der Waals surface area contributed by atoms with Crippen molar-refractivity contribution in [1.29, 1.82) is 0 Å². The van der Waals surface area contributed by atoms with E-state index in [1.54, 1.807) is 30.0 Å². The summed E-state index contributed by atoms with van der Waals surface area (Å²) >= 11 is 0.979. The molecule has 2 aromatic carbocycles. The Kier molecular flexibility index (Phi) is 6.91. The second-order valence-corrected chi connectivity index (χ2v) is 8.14. The monoisotopic (exact) mass is 442 g/mol. The maximum Gasteiger partial charge on any atom is 0.283 e. The van der Waals surface area contributed by atoms with Gasteiger partial charge in [0.15, 0.2) is 0 Å². The van der Waals surface area contributed by atoms with Crippen LogP contribution in [-0.2, 0) is 4.79 Å². The minimum absolute atomic E-state index is 0.0237. The lowest BCUT2D eigenvalue weighted by molar-refractivity contribution is -0.387. The van der Waals surface area contributed by atoms with E-state index >= 15 is 0 Å². The topological polar surface area (TPSA) is 136 Å². The van der Waals surface area contributed by atoms with Gasteiger partial charge in [-0.05, 0) is 49.6 Å². The molecule has 0 spiro atoms. The minimum Gasteiger partial charge on any atom is -0.366 e. The number of nitrogens with zero attached hydrogens (tertiary/aromatic N) is 2. The van der Waals surface area contributed by atoms with Crippen molar-refractivity contribution in [3.8, 4) is 0 Å². The molecule has 0 aromatic heterocycles. The molecule has 0 saturated carbocycles. The summed E-state index contributed by atoms with van der Waals surface area (Å²) in [4.78, 5) is 49.1. The van der Waals surface area contributed by atoms with Crippen molar-refractivity contribution in [1.82, 2.24) is 4.90 Å². The van der Waals surface area contributed by atoms with Gasteiger partial charge in [-0.25, -0.2) is 0 Å². The van der Waals surface area contributed by atoms with Gasteiger partial charge in [0.1, 0.15) is 0 Å². The van der Waals surface area contributed by atoms with E-state index in [1.165, 1.54) is 12.1 Å². The number of nitrogens with one attached hydrogen (secondary N) is 1. The molecule has 0 radical (unpaired) electrons. The third-order valence-electron chi connectivity index (χ3n) is 5.03. The fourth-order valence-corrected chi connectivity index (χ4v) is 4.16. The Hall–Kier alpha value is -3.40. The number of anilines is 1. The summed E-state index contributed by atoms with van der Waals surface area (Å²) in [6.45, 7) is 3.25. The first kappa shape index (κ1) is 22.3. The van der Waals surface area contributed by atoms with E-state index in [-0.39, 0.29) is 33.7 Å². The van der Waals surface area contributed by atoms with Gasteiger partial charge in [-0.1, -0.05) is 6.07 Å². The van der Waals surface area contributed by atoms with Crippen molar-refractivity contribution in [3.63, 3.8) is 0 Å². The number of nitro benzene ring substituents is 1. The van der Waals surface area contributed by atoms with E-state index in [9.17, 15) is 24.5 Å². The van der Waals surface area contributed by atoms with Crippen molar-refractivity contribution in [2.45, 2.75) is 24.7 Å². The van der Waals surface area contributed by atoms with Gasteiger partial charge in [-0.3, -0.25) is 24.5 Å². The van der Waals surface area contributed by atoms with Crippen LogP contribution in [0.4, 0.5) is 11.4 Å². The molecule has 3 rings (SSSR count). The maximum absolute atomic E-state index is 12.7. The van der Waals surface area contributed by atoms with Crippen LogP contribution in [0.2, 0.25) is 0 Å². The van der Waals surface area contributed by atoms with Crippen molar-refractivity contribution in [2.75, 3.05) is 24.2 Å². The molecule has 0 atom stereocenters. The second kappa shape index (κ2) is 9.61. The van der Waals surface area contributed by atoms with Crippen molar-refractivity contribution in [2.24, 2.45) is 5.73 Å². The number of carbonyl (C=O) groups excluding carboxylic acids is 3. The standard InChI is InChI=1S/C21H22N4O5S/c1-13-15(21(28)24-9-2-3-10-24)5-4-6-16(13)23-19(26)12-31-18-8-7-14(20(22)27)11-17(18)25(29)30/h4-8,11H,2-3,9-10,12H2,1H3,(H2,22,27)(H,23,26). The van der Waals surface area contributed by atoms with E-state index < -0.39 is 10.8 Å². The SMILES string of the molecule is Cc1c(NC(=O)CSc2ccc(C(N)=O)cc2[N+](=O)[O-])cccc1C(=O)N1CCCC1. The number of amides is 3. The van der Waals surface area contributed by atoms with Crippen molar-refractivity contribution < 1.29 is 19.3 Å². The van der Waals surface area contributed by atoms with Crippen LogP contribution in [0.25, 0.3) is 0 Å². The number of likely N-dealkylation sites (tertiary alicyclic amines) is 1. The predicted octanol–water partition coefficient (Wildman–Crippen LogP) is 2.97. The van der Waals surface area contributed by atoms with E-state index in [2.05, 4.69) is 5.32 Å². The molecule has 1 aliphatic heterocycles. The molecule has 162 valence electrons. The Labute approximate surface area is 183 Å². The number of carbonyl (C=O) groups is 3. The van der Waals surface area contributed by atoms with Gasteiger partial charge in [0.05, 0.1) is 15.6 Å². The molecule has 10 heteroatoms. The van der Waals surface area contributed by atoms with Crippen LogP contribution in [0.1, 0.15) is 39.1 Å². The molecule has 0 aliphatic carbocycles. The molecule has 3 amide bonds. The first-order valence-corrected chi connectivity index (χ1v) is 10.7. The van der Waals surface area contributed by atoms with E-state index in [1.807, 2.05) is 0 Å². The maximum atomic E-state index is 12.7. The fraction of sp³-hybridized carbons (Fsp3) is 0.286. The van der Waals surface area contributed by atoms with Crippen LogP contribution < -0.4 is 11.1 Å². The Morgan fingerprint density at radius 2 is 1.90 bits per heavy atom. The molecule has 3 N–H and O–H groups in total. The van der Waals surface area contributed by atoms with Gasteiger partial charge >= 0.3 is 0 Å². The average molecular weight is 442 g/mol. The number of hydrogen-bond donors (Lipinski definition) is 2. The Bertz CT molecular complexity index is 1050. The molecular weight excluding hydrogens is 420 g/mol. The fourth-order valence-electron chi connectivity index (χ4n) is 3.36. The molecule has 1 saturated heterocycles. The zero-order chi connectivity index (χ0) is 22.5. The Balaban J connectivity index is 1.69. The zero-order valence-corrected chi connectivity index (χ0v) is 17.7. The van der Waals surface area contributed by atoms with Crippen LogP contribution >= 0.6 is 11.8 Å². The van der Waals surface area contributed by atoms with Crippen LogP contribution in [-0.4, -0.2) is 46.4 Å². The molecule has 2 aromatic rings. The largest absolute Gasteiger partial charge is 0.366 e. The van der Waals surface area contributed by atoms with Crippen molar-refractivity contribution >= 4 is 40.9 Å². The zero-order valence-electron chi connectivity index (χ0n) is 16.9. The summed E-state index contributed by atoms with van der Waals surface area (Å²) in [5, 5.41) is 14.1. The molecule has 0 bridgehead atoms. The second-order valence-electron chi connectivity index (χ2n) is 7.12. The summed E-state index contributed by atoms with van der Waals surface area (Å²) in [5.41, 5.74) is 6.65. The quantitative estimate of drug-likeness (QED) is 0.384. The molecule has 31 heavy (non-hydrogen) atoms. The molecule has 1 fully saturated rings. The highest BCUT2D eigenvalue weighted by Crippen LogP contribution is 2.30. The van der Waals surface area contributed by atoms with Crippen molar-refractivity contribution in [3.05, 3.63) is 63.2 Å². The summed E-state index contributed by atoms with van der Waals surface area (Å²) in [7, 11) is 0. The highest BCUT2D eigenvalue weighted by molar-refractivity contribution is 8.00. The van der Waals surface area contributed by atoms with Gasteiger partial charge in [0.2, 0.25) is 11.8 Å². The number of rotatable bonds is 7. The van der Waals surface area contributed by atoms with E-state index in [0.717, 1.165) is 43.8 Å². The summed E-state index contributed by atoms with van der Waals surface area (Å²) in [5.74, 6) is -1.27. The smallest absolute Gasteiger partial charge is 0.283 e. The third-order valence-corrected chi connectivity index (χ3v) is 6.09. The third kappa shape index (κ3) is 5.21. The number of thioether (sulfide) groups is 1. The first-order chi connectivity index (χ1) is 14.8. The van der Waals surface area contributed by atoms with E-state index in [0.29, 0.717) is 16.8 Å². The Morgan fingerprint density at radius 1 is 1.19 bits per heavy atom. The van der Waals surface area contributed by atoms with Crippen LogP contribution in [0.3, 0.4) is 0 Å². The molecule has 0 unspecified atom stereocenters. The summed E-state index contributed by atoms with van der Waals surface area (Å²) < 4.78 is 0. The van der Waals surface area contributed by atoms with Gasteiger partial charge in [-0.15, -0.1) is 11.8 Å². The summed E-state index contributed by atoms with van der Waals surface area (Å²) in [6, 6.07) is 9.04. The Morgan fingerprint density at radius 3 is 2.55 bits per heavy atom. The first-order valence-electron chi connectivity index (χ1n) is 9.67. The number of nitrogens with two attached hydrogens (primary N) is 1. The molecule has 1 heterocycles. The molecule has 1 aliphatic rings. The lowest BCUT2D eigenvalue weighted by Gasteiger charge is -2.18. The number of hydrogen-bond acceptors (Lipinski definition) is 6. The van der Waals surface area contributed by atoms with Crippen LogP contribution in [0, 0.1) is 17.0 Å². The summed E-state index contributed by atoms with van der Waals surface area (Å²) in [6.07, 6.45) is 1.98. The normalized spacial score (nSPS) is 13.1. The minimum atomic E-state index is -0.767. The molecular formula is C21H22N4O5S.